The molecule has 0 spiro atoms. The van der Waals surface area contributed by atoms with Gasteiger partial charge in [-0.3, -0.25) is 0 Å². The Morgan fingerprint density at radius 3 is 0.845 bits per heavy atom. The summed E-state index contributed by atoms with van der Waals surface area (Å²) in [4.78, 5) is 4.97. The Labute approximate surface area is 340 Å². The van der Waals surface area contributed by atoms with Crippen molar-refractivity contribution in [3.63, 3.8) is 0 Å². The summed E-state index contributed by atoms with van der Waals surface area (Å²) >= 11 is 0. The third-order valence-electron chi connectivity index (χ3n) is 11.9. The van der Waals surface area contributed by atoms with Gasteiger partial charge in [-0.15, -0.1) is 0 Å². The van der Waals surface area contributed by atoms with E-state index in [-0.39, 0.29) is 12.1 Å². The van der Waals surface area contributed by atoms with E-state index in [2.05, 4.69) is 242 Å². The van der Waals surface area contributed by atoms with Crippen LogP contribution in [0.2, 0.25) is 0 Å². The Morgan fingerprint density at radius 1 is 0.276 bits per heavy atom. The Hall–Kier alpha value is -7.16. The van der Waals surface area contributed by atoms with E-state index in [1.165, 1.54) is 76.7 Å². The van der Waals surface area contributed by atoms with Gasteiger partial charge in [-0.05, 0) is 140 Å². The molecule has 2 nitrogen and oxygen atoms in total. The fraction of sp³-hybridized carbons (Fsp3) is 0.0714. The lowest BCUT2D eigenvalue weighted by Crippen LogP contribution is -2.22. The quantitative estimate of drug-likeness (QED) is 0.136. The molecule has 10 aromatic rings. The number of nitrogens with zero attached hydrogens (tertiary/aromatic N) is 2. The molecule has 0 heterocycles. The molecule has 58 heavy (non-hydrogen) atoms. The molecule has 0 amide bonds. The maximum atomic E-state index is 2.48. The molecule has 0 aliphatic carbocycles. The molecule has 0 N–H and O–H groups in total. The highest BCUT2D eigenvalue weighted by Gasteiger charge is 2.25. The first-order valence-corrected chi connectivity index (χ1v) is 20.3. The molecular formula is C56H44N2. The first-order valence-electron chi connectivity index (χ1n) is 20.3. The molecule has 0 radical (unpaired) electrons. The van der Waals surface area contributed by atoms with Crippen LogP contribution in [0.1, 0.15) is 37.1 Å². The minimum atomic E-state index is 0.0633. The Balaban J connectivity index is 1.02. The minimum Gasteiger partial charge on any atom is -0.334 e. The van der Waals surface area contributed by atoms with Gasteiger partial charge in [-0.2, -0.15) is 0 Å². The number of fused-ring (bicyclic) bond motifs is 4. The molecule has 0 bridgehead atoms. The van der Waals surface area contributed by atoms with Crippen LogP contribution in [0.15, 0.2) is 218 Å². The SMILES string of the molecule is CC(c1c2ccccc2cc2ccccc12)N(c1ccccc1)c1ccc(-c2ccc(N(c3ccccc3)C(C)c3c4ccccc4cc4ccccc34)cc2)cc1. The van der Waals surface area contributed by atoms with E-state index in [0.29, 0.717) is 0 Å². The van der Waals surface area contributed by atoms with E-state index in [9.17, 15) is 0 Å². The third-order valence-corrected chi connectivity index (χ3v) is 11.9. The van der Waals surface area contributed by atoms with E-state index in [1.807, 2.05) is 0 Å². The van der Waals surface area contributed by atoms with Gasteiger partial charge < -0.3 is 9.80 Å². The summed E-state index contributed by atoms with van der Waals surface area (Å²) in [5.41, 5.74) is 9.69. The predicted molar refractivity (Wildman–Crippen MR) is 249 cm³/mol. The molecule has 278 valence electrons. The summed E-state index contributed by atoms with van der Waals surface area (Å²) < 4.78 is 0. The summed E-state index contributed by atoms with van der Waals surface area (Å²) in [7, 11) is 0. The number of anilines is 4. The highest BCUT2D eigenvalue weighted by Crippen LogP contribution is 2.44. The highest BCUT2D eigenvalue weighted by atomic mass is 15.2. The van der Waals surface area contributed by atoms with Crippen molar-refractivity contribution in [3.05, 3.63) is 230 Å². The van der Waals surface area contributed by atoms with Crippen LogP contribution in [0.5, 0.6) is 0 Å². The Bertz CT molecular complexity index is 2710. The fourth-order valence-electron chi connectivity index (χ4n) is 9.25. The van der Waals surface area contributed by atoms with Crippen molar-refractivity contribution in [3.8, 4) is 11.1 Å². The number of hydrogen-bond acceptors (Lipinski definition) is 2. The molecule has 2 atom stereocenters. The molecule has 0 saturated carbocycles. The van der Waals surface area contributed by atoms with Crippen LogP contribution in [0.3, 0.4) is 0 Å². The van der Waals surface area contributed by atoms with Crippen molar-refractivity contribution in [2.45, 2.75) is 25.9 Å². The zero-order chi connectivity index (χ0) is 39.0. The highest BCUT2D eigenvalue weighted by molar-refractivity contribution is 6.04. The zero-order valence-corrected chi connectivity index (χ0v) is 32.8. The van der Waals surface area contributed by atoms with Crippen LogP contribution in [0.25, 0.3) is 54.2 Å². The largest absolute Gasteiger partial charge is 0.334 e. The summed E-state index contributed by atoms with van der Waals surface area (Å²) in [6, 6.07) is 79.8. The fourth-order valence-corrected chi connectivity index (χ4v) is 9.25. The summed E-state index contributed by atoms with van der Waals surface area (Å²) in [6.45, 7) is 4.68. The average molecular weight is 745 g/mol. The molecule has 10 rings (SSSR count). The summed E-state index contributed by atoms with van der Waals surface area (Å²) in [6.07, 6.45) is 0. The first-order chi connectivity index (χ1) is 28.6. The van der Waals surface area contributed by atoms with E-state index < -0.39 is 0 Å². The van der Waals surface area contributed by atoms with E-state index in [1.54, 1.807) is 0 Å². The van der Waals surface area contributed by atoms with Gasteiger partial charge in [-0.1, -0.05) is 158 Å². The van der Waals surface area contributed by atoms with E-state index in [4.69, 9.17) is 0 Å². The molecule has 0 saturated heterocycles. The maximum Gasteiger partial charge on any atom is 0.0575 e. The number of rotatable bonds is 9. The van der Waals surface area contributed by atoms with Crippen LogP contribution < -0.4 is 9.80 Å². The molecule has 0 aliphatic rings. The van der Waals surface area contributed by atoms with Gasteiger partial charge in [0.05, 0.1) is 12.1 Å². The van der Waals surface area contributed by atoms with Crippen molar-refractivity contribution in [2.24, 2.45) is 0 Å². The maximum absolute atomic E-state index is 2.48. The molecule has 0 aromatic heterocycles. The second-order valence-corrected chi connectivity index (χ2v) is 15.3. The third kappa shape index (κ3) is 6.33. The van der Waals surface area contributed by atoms with Crippen LogP contribution in [-0.2, 0) is 0 Å². The average Bonchev–Trinajstić information content (AvgIpc) is 3.28. The van der Waals surface area contributed by atoms with Crippen LogP contribution >= 0.6 is 0 Å². The molecule has 2 unspecified atom stereocenters. The predicted octanol–water partition coefficient (Wildman–Crippen LogP) is 15.8. The van der Waals surface area contributed by atoms with Gasteiger partial charge in [-0.25, -0.2) is 0 Å². The van der Waals surface area contributed by atoms with E-state index >= 15 is 0 Å². The van der Waals surface area contributed by atoms with Crippen LogP contribution in [0.4, 0.5) is 22.7 Å². The van der Waals surface area contributed by atoms with Gasteiger partial charge in [0.1, 0.15) is 0 Å². The standard InChI is InChI=1S/C56H44N2/c1-39(55-51-25-13-9-17-43(51)37-44-18-10-14-26-52(44)55)57(47-21-5-3-6-22-47)49-33-29-41(30-34-49)42-31-35-50(36-32-42)58(48-23-7-4-8-24-48)40(2)56-53-27-15-11-19-45(53)38-46-20-12-16-28-54(46)56/h3-40H,1-2H3. The second kappa shape index (κ2) is 15.1. The van der Waals surface area contributed by atoms with Crippen molar-refractivity contribution >= 4 is 65.8 Å². The smallest absolute Gasteiger partial charge is 0.0575 e. The monoisotopic (exact) mass is 744 g/mol. The van der Waals surface area contributed by atoms with Gasteiger partial charge in [0.25, 0.3) is 0 Å². The van der Waals surface area contributed by atoms with Crippen molar-refractivity contribution < 1.29 is 0 Å². The summed E-state index contributed by atoms with van der Waals surface area (Å²) in [5, 5.41) is 10.2. The molecular weight excluding hydrogens is 701 g/mol. The van der Waals surface area contributed by atoms with Gasteiger partial charge in [0, 0.05) is 22.7 Å². The Kier molecular flexibility index (Phi) is 9.16. The van der Waals surface area contributed by atoms with Gasteiger partial charge in [0.15, 0.2) is 0 Å². The van der Waals surface area contributed by atoms with E-state index in [0.717, 1.165) is 11.4 Å². The number of benzene rings is 10. The van der Waals surface area contributed by atoms with Crippen LogP contribution in [-0.4, -0.2) is 0 Å². The Morgan fingerprint density at radius 2 is 0.534 bits per heavy atom. The summed E-state index contributed by atoms with van der Waals surface area (Å²) in [5.74, 6) is 0. The van der Waals surface area contributed by atoms with Crippen molar-refractivity contribution in [1.82, 2.24) is 0 Å². The molecule has 10 aromatic carbocycles. The topological polar surface area (TPSA) is 6.48 Å². The lowest BCUT2D eigenvalue weighted by Gasteiger charge is -2.34. The van der Waals surface area contributed by atoms with Crippen LogP contribution in [0, 0.1) is 0 Å². The minimum absolute atomic E-state index is 0.0633. The number of hydrogen-bond donors (Lipinski definition) is 0. The van der Waals surface area contributed by atoms with Crippen molar-refractivity contribution in [2.75, 3.05) is 9.80 Å². The normalized spacial score (nSPS) is 12.5. The van der Waals surface area contributed by atoms with Gasteiger partial charge >= 0.3 is 0 Å². The van der Waals surface area contributed by atoms with Crippen molar-refractivity contribution in [1.29, 1.82) is 0 Å². The first kappa shape index (κ1) is 35.3. The molecule has 0 aliphatic heterocycles. The zero-order valence-electron chi connectivity index (χ0n) is 32.8. The lowest BCUT2D eigenvalue weighted by molar-refractivity contribution is 0.786. The second-order valence-electron chi connectivity index (χ2n) is 15.3. The lowest BCUT2D eigenvalue weighted by atomic mass is 9.91. The molecule has 0 fully saturated rings. The molecule has 2 heteroatoms. The number of para-hydroxylation sites is 2. The van der Waals surface area contributed by atoms with Gasteiger partial charge in [0.2, 0.25) is 0 Å².